The van der Waals surface area contributed by atoms with Gasteiger partial charge in [0.05, 0.1) is 5.69 Å². The number of furan rings is 1. The number of benzene rings is 1. The maximum Gasteiger partial charge on any atom is 0.227 e. The average Bonchev–Trinajstić information content (AvgIpc) is 3.32. The Morgan fingerprint density at radius 1 is 1.07 bits per heavy atom. The van der Waals surface area contributed by atoms with Crippen molar-refractivity contribution in [3.8, 4) is 11.3 Å². The van der Waals surface area contributed by atoms with Gasteiger partial charge in [0.2, 0.25) is 5.71 Å². The molecular formula is C24H22N2OS. The van der Waals surface area contributed by atoms with Crippen molar-refractivity contribution in [3.63, 3.8) is 0 Å². The van der Waals surface area contributed by atoms with Gasteiger partial charge in [0.1, 0.15) is 10.4 Å². The number of fused-ring (bicyclic) bond motifs is 4. The Hall–Kier alpha value is -2.72. The summed E-state index contributed by atoms with van der Waals surface area (Å²) < 4.78 is 46.0. The zero-order chi connectivity index (χ0) is 23.8. The second-order valence-electron chi connectivity index (χ2n) is 7.91. The van der Waals surface area contributed by atoms with Crippen molar-refractivity contribution in [2.45, 2.75) is 34.0 Å². The first kappa shape index (κ1) is 12.7. The lowest BCUT2D eigenvalue weighted by atomic mass is 9.91. The fraction of sp³-hybridized carbons (Fsp3) is 0.250. The highest BCUT2D eigenvalue weighted by Crippen LogP contribution is 2.36. The molecule has 0 spiro atoms. The molecule has 0 saturated heterocycles. The summed E-state index contributed by atoms with van der Waals surface area (Å²) in [5, 5.41) is 2.48. The lowest BCUT2D eigenvalue weighted by Crippen LogP contribution is -2.07. The Morgan fingerprint density at radius 2 is 1.96 bits per heavy atom. The lowest BCUT2D eigenvalue weighted by molar-refractivity contribution is 0.415. The zero-order valence-corrected chi connectivity index (χ0v) is 16.6. The average molecular weight is 392 g/mol. The van der Waals surface area contributed by atoms with Gasteiger partial charge in [0, 0.05) is 39.1 Å². The molecular weight excluding hydrogens is 364 g/mol. The lowest BCUT2D eigenvalue weighted by Gasteiger charge is -2.15. The van der Waals surface area contributed by atoms with Crippen LogP contribution >= 0.6 is 11.3 Å². The highest BCUT2D eigenvalue weighted by Gasteiger charge is 2.16. The SMILES string of the molecule is [2H]C([2H])([2H])c1ccc2c(n1)oc1c(-c3ccc4cc(C([2H])([2H])C(C)(C)C)sc4n3)cccc12. The molecule has 5 rings (SSSR count). The molecule has 4 heteroatoms. The molecule has 140 valence electrons. The van der Waals surface area contributed by atoms with Gasteiger partial charge in [-0.05, 0) is 55.0 Å². The Balaban J connectivity index is 1.66. The summed E-state index contributed by atoms with van der Waals surface area (Å²) in [7, 11) is 0. The maximum atomic E-state index is 8.59. The van der Waals surface area contributed by atoms with E-state index in [4.69, 9.17) is 16.3 Å². The molecule has 0 unspecified atom stereocenters. The first-order chi connectivity index (χ1) is 15.4. The van der Waals surface area contributed by atoms with Crippen LogP contribution in [-0.4, -0.2) is 9.97 Å². The van der Waals surface area contributed by atoms with Gasteiger partial charge in [-0.3, -0.25) is 0 Å². The summed E-state index contributed by atoms with van der Waals surface area (Å²) >= 11 is 1.36. The summed E-state index contributed by atoms with van der Waals surface area (Å²) in [4.78, 5) is 10.5. The molecule has 1 aromatic carbocycles. The molecule has 0 aliphatic heterocycles. The fourth-order valence-electron chi connectivity index (χ4n) is 3.38. The number of hydrogen-bond donors (Lipinski definition) is 0. The van der Waals surface area contributed by atoms with Crippen LogP contribution in [0.15, 0.2) is 52.9 Å². The van der Waals surface area contributed by atoms with Gasteiger partial charge in [-0.25, -0.2) is 9.97 Å². The van der Waals surface area contributed by atoms with E-state index in [1.807, 2.05) is 57.2 Å². The topological polar surface area (TPSA) is 38.9 Å². The number of nitrogens with zero attached hydrogens (tertiary/aromatic N) is 2. The standard InChI is InChI=1S/C24H22N2OS/c1-14-8-10-18-17-6-5-7-19(21(17)27-22(18)25-14)20-11-9-15-12-16(13-24(2,3)4)28-23(15)26-20/h5-12H,13H2,1-4H3/i1D3,13D2. The second kappa shape index (κ2) is 6.14. The molecule has 4 heterocycles. The molecule has 28 heavy (non-hydrogen) atoms. The predicted octanol–water partition coefficient (Wildman–Crippen LogP) is 7.15. The summed E-state index contributed by atoms with van der Waals surface area (Å²) in [6, 6.07) is 14.7. The number of aryl methyl sites for hydroxylation is 1. The highest BCUT2D eigenvalue weighted by atomic mass is 32.1. The van der Waals surface area contributed by atoms with E-state index < -0.39 is 18.6 Å². The van der Waals surface area contributed by atoms with Crippen LogP contribution in [0, 0.1) is 12.3 Å². The van der Waals surface area contributed by atoms with Crippen LogP contribution in [0.1, 0.15) is 38.2 Å². The Morgan fingerprint density at radius 3 is 2.79 bits per heavy atom. The summed E-state index contributed by atoms with van der Waals surface area (Å²) in [6.45, 7) is 3.37. The molecule has 0 fully saturated rings. The molecule has 0 amide bonds. The van der Waals surface area contributed by atoms with E-state index in [2.05, 4.69) is 4.98 Å². The maximum absolute atomic E-state index is 8.59. The molecule has 0 bridgehead atoms. The quantitative estimate of drug-likeness (QED) is 0.320. The number of aromatic nitrogens is 2. The van der Waals surface area contributed by atoms with E-state index in [9.17, 15) is 0 Å². The minimum absolute atomic E-state index is 0.00520. The Kier molecular flexibility index (Phi) is 2.78. The summed E-state index contributed by atoms with van der Waals surface area (Å²) in [5.41, 5.74) is 1.80. The van der Waals surface area contributed by atoms with E-state index in [0.29, 0.717) is 16.2 Å². The van der Waals surface area contributed by atoms with Crippen LogP contribution in [0.4, 0.5) is 0 Å². The van der Waals surface area contributed by atoms with Crippen LogP contribution in [0.2, 0.25) is 0 Å². The van der Waals surface area contributed by atoms with Crippen LogP contribution in [-0.2, 0) is 6.37 Å². The van der Waals surface area contributed by atoms with Crippen molar-refractivity contribution in [1.82, 2.24) is 9.97 Å². The molecule has 0 radical (unpaired) electrons. The second-order valence-corrected chi connectivity index (χ2v) is 8.94. The van der Waals surface area contributed by atoms with Gasteiger partial charge in [0.15, 0.2) is 0 Å². The molecule has 0 aliphatic carbocycles. The van der Waals surface area contributed by atoms with E-state index in [1.54, 1.807) is 6.07 Å². The van der Waals surface area contributed by atoms with Crippen molar-refractivity contribution in [2.75, 3.05) is 0 Å². The largest absolute Gasteiger partial charge is 0.437 e. The van der Waals surface area contributed by atoms with E-state index in [-0.39, 0.29) is 11.4 Å². The van der Waals surface area contributed by atoms with E-state index >= 15 is 0 Å². The third-order valence-electron chi connectivity index (χ3n) is 4.52. The van der Waals surface area contributed by atoms with Crippen LogP contribution in [0.25, 0.3) is 43.5 Å². The number of thiophene rings is 1. The van der Waals surface area contributed by atoms with Crippen molar-refractivity contribution in [2.24, 2.45) is 5.41 Å². The highest BCUT2D eigenvalue weighted by molar-refractivity contribution is 7.18. The third kappa shape index (κ3) is 2.98. The first-order valence-electron chi connectivity index (χ1n) is 11.6. The smallest absolute Gasteiger partial charge is 0.227 e. The molecule has 0 N–H and O–H groups in total. The predicted molar refractivity (Wildman–Crippen MR) is 118 cm³/mol. The molecule has 0 saturated carbocycles. The van der Waals surface area contributed by atoms with Gasteiger partial charge in [-0.1, -0.05) is 32.9 Å². The fourth-order valence-corrected chi connectivity index (χ4v) is 4.52. The van der Waals surface area contributed by atoms with Crippen LogP contribution < -0.4 is 0 Å². The number of hydrogen-bond acceptors (Lipinski definition) is 4. The van der Waals surface area contributed by atoms with Crippen molar-refractivity contribution in [3.05, 3.63) is 59.1 Å². The minimum atomic E-state index is -2.31. The molecule has 0 atom stereocenters. The van der Waals surface area contributed by atoms with Crippen molar-refractivity contribution >= 4 is 43.6 Å². The van der Waals surface area contributed by atoms with Crippen molar-refractivity contribution < 1.29 is 11.3 Å². The zero-order valence-electron chi connectivity index (χ0n) is 20.8. The molecule has 0 aliphatic rings. The van der Waals surface area contributed by atoms with Gasteiger partial charge in [0.25, 0.3) is 0 Å². The summed E-state index contributed by atoms with van der Waals surface area (Å²) in [6.07, 6.45) is -1.48. The number of para-hydroxylation sites is 1. The van der Waals surface area contributed by atoms with Crippen molar-refractivity contribution in [1.29, 1.82) is 0 Å². The van der Waals surface area contributed by atoms with E-state index in [0.717, 1.165) is 26.6 Å². The van der Waals surface area contributed by atoms with Crippen LogP contribution in [0.3, 0.4) is 0 Å². The van der Waals surface area contributed by atoms with Gasteiger partial charge in [-0.15, -0.1) is 11.3 Å². The summed E-state index contributed by atoms with van der Waals surface area (Å²) in [5.74, 6) is 0. The Bertz CT molecular complexity index is 1530. The third-order valence-corrected chi connectivity index (χ3v) is 5.48. The molecule has 5 aromatic rings. The van der Waals surface area contributed by atoms with Gasteiger partial charge in [-0.2, -0.15) is 0 Å². The molecule has 4 aromatic heterocycles. The van der Waals surface area contributed by atoms with Gasteiger partial charge < -0.3 is 4.42 Å². The number of rotatable bonds is 2. The van der Waals surface area contributed by atoms with Gasteiger partial charge >= 0.3 is 0 Å². The first-order valence-corrected chi connectivity index (χ1v) is 9.92. The minimum Gasteiger partial charge on any atom is -0.437 e. The monoisotopic (exact) mass is 391 g/mol. The molecule has 3 nitrogen and oxygen atoms in total. The Labute approximate surface area is 175 Å². The van der Waals surface area contributed by atoms with E-state index in [1.165, 1.54) is 17.4 Å². The van der Waals surface area contributed by atoms with Crippen LogP contribution in [0.5, 0.6) is 0 Å². The normalized spacial score (nSPS) is 16.0. The number of pyridine rings is 2.